The van der Waals surface area contributed by atoms with Gasteiger partial charge in [0, 0.05) is 24.7 Å². The summed E-state index contributed by atoms with van der Waals surface area (Å²) in [5.41, 5.74) is 0. The molecule has 20 heavy (non-hydrogen) atoms. The van der Waals surface area contributed by atoms with E-state index in [1.165, 1.54) is 25.7 Å². The second-order valence-corrected chi connectivity index (χ2v) is 6.61. The largest absolute Gasteiger partial charge is 0.336 e. The number of nitrogens with one attached hydrogen (secondary N) is 1. The number of carbonyl (C=O) groups is 1. The van der Waals surface area contributed by atoms with Gasteiger partial charge in [0.2, 0.25) is 5.91 Å². The highest BCUT2D eigenvalue weighted by atomic mass is 16.2. The fourth-order valence-corrected chi connectivity index (χ4v) is 3.90. The zero-order chi connectivity index (χ0) is 14.5. The molecule has 2 aliphatic heterocycles. The predicted octanol–water partition coefficient (Wildman–Crippen LogP) is 1.85. The highest BCUT2D eigenvalue weighted by Gasteiger charge is 2.31. The molecular weight excluding hydrogens is 250 g/mol. The van der Waals surface area contributed by atoms with E-state index in [-0.39, 0.29) is 0 Å². The SMILES string of the molecule is CNCC1CCCCN1CC(=O)N1C(C)CCCC1C. The van der Waals surface area contributed by atoms with Gasteiger partial charge in [-0.3, -0.25) is 9.69 Å². The zero-order valence-corrected chi connectivity index (χ0v) is 13.4. The zero-order valence-electron chi connectivity index (χ0n) is 13.4. The molecule has 2 fully saturated rings. The molecule has 0 bridgehead atoms. The number of rotatable bonds is 4. The molecule has 2 rings (SSSR count). The van der Waals surface area contributed by atoms with Crippen molar-refractivity contribution in [3.63, 3.8) is 0 Å². The summed E-state index contributed by atoms with van der Waals surface area (Å²) in [6.07, 6.45) is 7.34. The number of likely N-dealkylation sites (N-methyl/N-ethyl adjacent to an activating group) is 1. The first-order chi connectivity index (χ1) is 9.63. The molecule has 0 saturated carbocycles. The molecular formula is C16H31N3O. The lowest BCUT2D eigenvalue weighted by Crippen LogP contribution is -2.54. The second-order valence-electron chi connectivity index (χ2n) is 6.61. The van der Waals surface area contributed by atoms with Gasteiger partial charge in [-0.15, -0.1) is 0 Å². The highest BCUT2D eigenvalue weighted by Crippen LogP contribution is 2.24. The van der Waals surface area contributed by atoms with Crippen molar-refractivity contribution >= 4 is 5.91 Å². The van der Waals surface area contributed by atoms with Crippen LogP contribution in [0.2, 0.25) is 0 Å². The molecule has 0 radical (unpaired) electrons. The van der Waals surface area contributed by atoms with Gasteiger partial charge >= 0.3 is 0 Å². The minimum atomic E-state index is 0.340. The fraction of sp³-hybridized carbons (Fsp3) is 0.938. The van der Waals surface area contributed by atoms with E-state index in [4.69, 9.17) is 0 Å². The Bertz CT molecular complexity index is 309. The maximum atomic E-state index is 12.7. The van der Waals surface area contributed by atoms with Crippen LogP contribution in [0.4, 0.5) is 0 Å². The Labute approximate surface area is 123 Å². The van der Waals surface area contributed by atoms with Crippen LogP contribution < -0.4 is 5.32 Å². The van der Waals surface area contributed by atoms with Gasteiger partial charge in [-0.05, 0) is 59.5 Å². The Kier molecular flexibility index (Phi) is 5.85. The van der Waals surface area contributed by atoms with E-state index in [0.717, 1.165) is 25.9 Å². The van der Waals surface area contributed by atoms with E-state index in [1.807, 2.05) is 7.05 Å². The number of piperidine rings is 2. The third-order valence-corrected chi connectivity index (χ3v) is 5.01. The average Bonchev–Trinajstić information content (AvgIpc) is 2.41. The summed E-state index contributed by atoms with van der Waals surface area (Å²) in [6, 6.07) is 1.37. The topological polar surface area (TPSA) is 35.6 Å². The molecule has 2 aliphatic rings. The molecule has 0 aromatic rings. The van der Waals surface area contributed by atoms with Gasteiger partial charge in [-0.1, -0.05) is 6.42 Å². The number of hydrogen-bond donors (Lipinski definition) is 1. The Morgan fingerprint density at radius 2 is 1.80 bits per heavy atom. The third-order valence-electron chi connectivity index (χ3n) is 5.01. The van der Waals surface area contributed by atoms with E-state index in [1.54, 1.807) is 0 Å². The van der Waals surface area contributed by atoms with Crippen molar-refractivity contribution in [2.45, 2.75) is 70.5 Å². The smallest absolute Gasteiger partial charge is 0.237 e. The van der Waals surface area contributed by atoms with Gasteiger partial charge in [-0.25, -0.2) is 0 Å². The second kappa shape index (κ2) is 7.41. The van der Waals surface area contributed by atoms with Crippen LogP contribution in [-0.2, 0) is 4.79 Å². The molecule has 1 amide bonds. The number of carbonyl (C=O) groups excluding carboxylic acids is 1. The fourth-order valence-electron chi connectivity index (χ4n) is 3.90. The Balaban J connectivity index is 1.94. The normalized spacial score (nSPS) is 32.4. The summed E-state index contributed by atoms with van der Waals surface area (Å²) in [4.78, 5) is 17.2. The van der Waals surface area contributed by atoms with Gasteiger partial charge < -0.3 is 10.2 Å². The van der Waals surface area contributed by atoms with Crippen molar-refractivity contribution in [1.82, 2.24) is 15.1 Å². The van der Waals surface area contributed by atoms with Crippen LogP contribution >= 0.6 is 0 Å². The van der Waals surface area contributed by atoms with Crippen molar-refractivity contribution in [1.29, 1.82) is 0 Å². The van der Waals surface area contributed by atoms with Crippen LogP contribution in [0.25, 0.3) is 0 Å². The molecule has 4 nitrogen and oxygen atoms in total. The van der Waals surface area contributed by atoms with Crippen molar-refractivity contribution in [2.24, 2.45) is 0 Å². The van der Waals surface area contributed by atoms with Crippen LogP contribution in [0.1, 0.15) is 52.4 Å². The van der Waals surface area contributed by atoms with Gasteiger partial charge in [-0.2, -0.15) is 0 Å². The first kappa shape index (κ1) is 15.8. The third kappa shape index (κ3) is 3.73. The quantitative estimate of drug-likeness (QED) is 0.854. The molecule has 3 unspecified atom stereocenters. The maximum Gasteiger partial charge on any atom is 0.237 e. The summed E-state index contributed by atoms with van der Waals surface area (Å²) in [5, 5.41) is 3.27. The van der Waals surface area contributed by atoms with E-state index < -0.39 is 0 Å². The Morgan fingerprint density at radius 1 is 1.10 bits per heavy atom. The van der Waals surface area contributed by atoms with Gasteiger partial charge in [0.25, 0.3) is 0 Å². The summed E-state index contributed by atoms with van der Waals surface area (Å²) < 4.78 is 0. The first-order valence-electron chi connectivity index (χ1n) is 8.33. The van der Waals surface area contributed by atoms with Crippen LogP contribution in [-0.4, -0.2) is 60.5 Å². The summed E-state index contributed by atoms with van der Waals surface area (Å²) in [5.74, 6) is 0.340. The van der Waals surface area contributed by atoms with Gasteiger partial charge in [0.05, 0.1) is 6.54 Å². The molecule has 4 heteroatoms. The first-order valence-corrected chi connectivity index (χ1v) is 8.33. The molecule has 0 aliphatic carbocycles. The Morgan fingerprint density at radius 3 is 2.45 bits per heavy atom. The van der Waals surface area contributed by atoms with Crippen molar-refractivity contribution in [2.75, 3.05) is 26.7 Å². The molecule has 116 valence electrons. The molecule has 0 spiro atoms. The number of amides is 1. The molecule has 1 N–H and O–H groups in total. The van der Waals surface area contributed by atoms with Crippen LogP contribution in [0.5, 0.6) is 0 Å². The number of hydrogen-bond acceptors (Lipinski definition) is 3. The van der Waals surface area contributed by atoms with Crippen molar-refractivity contribution in [3.8, 4) is 0 Å². The van der Waals surface area contributed by atoms with E-state index in [2.05, 4.69) is 29.0 Å². The molecule has 2 heterocycles. The molecule has 2 saturated heterocycles. The Hall–Kier alpha value is -0.610. The lowest BCUT2D eigenvalue weighted by atomic mass is 9.97. The van der Waals surface area contributed by atoms with Gasteiger partial charge in [0.1, 0.15) is 0 Å². The maximum absolute atomic E-state index is 12.7. The van der Waals surface area contributed by atoms with Crippen LogP contribution in [0.3, 0.4) is 0 Å². The van der Waals surface area contributed by atoms with Crippen LogP contribution in [0, 0.1) is 0 Å². The lowest BCUT2D eigenvalue weighted by Gasteiger charge is -2.42. The number of nitrogens with zero attached hydrogens (tertiary/aromatic N) is 2. The van der Waals surface area contributed by atoms with E-state index in [0.29, 0.717) is 30.6 Å². The lowest BCUT2D eigenvalue weighted by molar-refractivity contribution is -0.139. The summed E-state index contributed by atoms with van der Waals surface area (Å²) in [7, 11) is 2.00. The molecule has 0 aromatic carbocycles. The highest BCUT2D eigenvalue weighted by molar-refractivity contribution is 5.79. The standard InChI is InChI=1S/C16H31N3O/c1-13-7-6-8-14(2)19(13)16(20)12-18-10-5-4-9-15(18)11-17-3/h13-15,17H,4-12H2,1-3H3. The summed E-state index contributed by atoms with van der Waals surface area (Å²) in [6.45, 7) is 7.10. The predicted molar refractivity (Wildman–Crippen MR) is 82.8 cm³/mol. The average molecular weight is 281 g/mol. The molecule has 3 atom stereocenters. The van der Waals surface area contributed by atoms with Gasteiger partial charge in [0.15, 0.2) is 0 Å². The van der Waals surface area contributed by atoms with E-state index >= 15 is 0 Å². The minimum Gasteiger partial charge on any atom is -0.336 e. The van der Waals surface area contributed by atoms with Crippen molar-refractivity contribution < 1.29 is 4.79 Å². The van der Waals surface area contributed by atoms with Crippen molar-refractivity contribution in [3.05, 3.63) is 0 Å². The summed E-state index contributed by atoms with van der Waals surface area (Å²) >= 11 is 0. The monoisotopic (exact) mass is 281 g/mol. The minimum absolute atomic E-state index is 0.340. The van der Waals surface area contributed by atoms with E-state index in [9.17, 15) is 4.79 Å². The van der Waals surface area contributed by atoms with Crippen LogP contribution in [0.15, 0.2) is 0 Å². The number of likely N-dealkylation sites (tertiary alicyclic amines) is 2. The molecule has 0 aromatic heterocycles.